The van der Waals surface area contributed by atoms with Gasteiger partial charge in [-0.2, -0.15) is 0 Å². The molecule has 0 bridgehead atoms. The van der Waals surface area contributed by atoms with E-state index in [1.54, 1.807) is 13.8 Å². The number of hydrogen-bond acceptors (Lipinski definition) is 4. The highest BCUT2D eigenvalue weighted by Crippen LogP contribution is 2.22. The number of carboxylic acids is 1. The maximum absolute atomic E-state index is 11.1. The number of aromatic carboxylic acids is 1. The summed E-state index contributed by atoms with van der Waals surface area (Å²) in [4.78, 5) is 19.2. The Morgan fingerprint density at radius 1 is 1.56 bits per heavy atom. The third-order valence-electron chi connectivity index (χ3n) is 2.21. The van der Waals surface area contributed by atoms with Gasteiger partial charge in [0, 0.05) is 5.92 Å². The first-order chi connectivity index (χ1) is 8.26. The maximum atomic E-state index is 11.1. The van der Waals surface area contributed by atoms with Gasteiger partial charge in [0.15, 0.2) is 17.0 Å². The second-order valence-corrected chi connectivity index (χ2v) is 4.66. The molecule has 0 aliphatic heterocycles. The number of carboxylic acid groups (broad SMARTS) is 1. The van der Waals surface area contributed by atoms with Gasteiger partial charge < -0.3 is 9.84 Å². The second-order valence-electron chi connectivity index (χ2n) is 4.66. The van der Waals surface area contributed by atoms with Crippen LogP contribution >= 0.6 is 0 Å². The standard InChI is InChI=1S/C13H16N2O3/c1-6-13(4,5)18-9-7-14-11(8(2)3)15-10(9)12(16)17/h1,7-8H,2-5H3,(H,16,17). The van der Waals surface area contributed by atoms with E-state index in [1.807, 2.05) is 13.8 Å². The first kappa shape index (κ1) is 14.0. The molecule has 0 spiro atoms. The van der Waals surface area contributed by atoms with Crippen molar-refractivity contribution in [3.8, 4) is 18.1 Å². The molecule has 0 unspecified atom stereocenters. The van der Waals surface area contributed by atoms with Crippen molar-refractivity contribution in [2.45, 2.75) is 39.2 Å². The molecule has 0 aromatic carbocycles. The fraction of sp³-hybridized carbons (Fsp3) is 0.462. The highest BCUT2D eigenvalue weighted by molar-refractivity contribution is 5.88. The molecule has 0 saturated carbocycles. The van der Waals surface area contributed by atoms with Gasteiger partial charge in [-0.15, -0.1) is 6.42 Å². The number of aromatic nitrogens is 2. The molecule has 0 fully saturated rings. The Balaban J connectivity index is 3.21. The number of nitrogens with zero attached hydrogens (tertiary/aromatic N) is 2. The summed E-state index contributed by atoms with van der Waals surface area (Å²) in [5, 5.41) is 9.12. The monoisotopic (exact) mass is 248 g/mol. The van der Waals surface area contributed by atoms with Crippen molar-refractivity contribution in [3.05, 3.63) is 17.7 Å². The van der Waals surface area contributed by atoms with Gasteiger partial charge >= 0.3 is 5.97 Å². The molecule has 1 aromatic heterocycles. The molecular formula is C13H16N2O3. The highest BCUT2D eigenvalue weighted by atomic mass is 16.5. The van der Waals surface area contributed by atoms with E-state index in [2.05, 4.69) is 15.9 Å². The van der Waals surface area contributed by atoms with Gasteiger partial charge in [0.2, 0.25) is 0 Å². The lowest BCUT2D eigenvalue weighted by Crippen LogP contribution is -2.27. The van der Waals surface area contributed by atoms with Crippen LogP contribution < -0.4 is 4.74 Å². The van der Waals surface area contributed by atoms with E-state index in [9.17, 15) is 4.79 Å². The third kappa shape index (κ3) is 3.20. The Hall–Kier alpha value is -2.09. The molecule has 96 valence electrons. The smallest absolute Gasteiger partial charge is 0.358 e. The SMILES string of the molecule is C#CC(C)(C)Oc1cnc(C(C)C)nc1C(=O)O. The Labute approximate surface area is 106 Å². The predicted octanol–water partition coefficient (Wildman–Crippen LogP) is 2.09. The van der Waals surface area contributed by atoms with E-state index in [0.717, 1.165) is 0 Å². The molecule has 0 radical (unpaired) electrons. The highest BCUT2D eigenvalue weighted by Gasteiger charge is 2.23. The molecule has 1 aromatic rings. The minimum atomic E-state index is -1.16. The average Bonchev–Trinajstić information content (AvgIpc) is 2.28. The molecule has 1 rings (SSSR count). The molecule has 0 saturated heterocycles. The van der Waals surface area contributed by atoms with Crippen molar-refractivity contribution in [1.82, 2.24) is 9.97 Å². The summed E-state index contributed by atoms with van der Waals surface area (Å²) >= 11 is 0. The van der Waals surface area contributed by atoms with Crippen molar-refractivity contribution < 1.29 is 14.6 Å². The largest absolute Gasteiger partial charge is 0.476 e. The van der Waals surface area contributed by atoms with Crippen LogP contribution in [0.1, 0.15) is 49.9 Å². The number of hydrogen-bond donors (Lipinski definition) is 1. The summed E-state index contributed by atoms with van der Waals surface area (Å²) in [6.07, 6.45) is 6.65. The summed E-state index contributed by atoms with van der Waals surface area (Å²) < 4.78 is 5.44. The molecule has 1 N–H and O–H groups in total. The van der Waals surface area contributed by atoms with Crippen molar-refractivity contribution in [1.29, 1.82) is 0 Å². The number of ether oxygens (including phenoxy) is 1. The quantitative estimate of drug-likeness (QED) is 0.826. The number of terminal acetylenes is 1. The molecule has 0 aliphatic carbocycles. The number of rotatable bonds is 4. The van der Waals surface area contributed by atoms with E-state index in [4.69, 9.17) is 16.3 Å². The van der Waals surface area contributed by atoms with Crippen LogP contribution in [0.5, 0.6) is 5.75 Å². The maximum Gasteiger partial charge on any atom is 0.358 e. The molecule has 0 atom stereocenters. The normalized spacial score (nSPS) is 11.1. The molecular weight excluding hydrogens is 232 g/mol. The minimum absolute atomic E-state index is 0.0396. The van der Waals surface area contributed by atoms with Gasteiger partial charge in [0.1, 0.15) is 5.82 Å². The minimum Gasteiger partial charge on any atom is -0.476 e. The van der Waals surface area contributed by atoms with E-state index in [0.29, 0.717) is 5.82 Å². The van der Waals surface area contributed by atoms with Gasteiger partial charge in [0.25, 0.3) is 0 Å². The van der Waals surface area contributed by atoms with E-state index in [1.165, 1.54) is 6.20 Å². The second kappa shape index (κ2) is 5.05. The zero-order valence-electron chi connectivity index (χ0n) is 10.9. The Morgan fingerprint density at radius 2 is 2.17 bits per heavy atom. The van der Waals surface area contributed by atoms with Crippen LogP contribution in [-0.2, 0) is 0 Å². The predicted molar refractivity (Wildman–Crippen MR) is 66.6 cm³/mol. The van der Waals surface area contributed by atoms with Gasteiger partial charge in [-0.05, 0) is 13.8 Å². The first-order valence-electron chi connectivity index (χ1n) is 5.54. The van der Waals surface area contributed by atoms with Crippen LogP contribution in [-0.4, -0.2) is 26.6 Å². The van der Waals surface area contributed by atoms with E-state index >= 15 is 0 Å². The molecule has 0 amide bonds. The molecule has 1 heterocycles. The van der Waals surface area contributed by atoms with Crippen molar-refractivity contribution >= 4 is 5.97 Å². The lowest BCUT2D eigenvalue weighted by molar-refractivity contribution is 0.0678. The first-order valence-corrected chi connectivity index (χ1v) is 5.54. The Kier molecular flexibility index (Phi) is 3.92. The topological polar surface area (TPSA) is 72.3 Å². The number of carbonyl (C=O) groups is 1. The van der Waals surface area contributed by atoms with Gasteiger partial charge in [-0.3, -0.25) is 0 Å². The average molecular weight is 248 g/mol. The van der Waals surface area contributed by atoms with Crippen LogP contribution in [0, 0.1) is 12.3 Å². The Morgan fingerprint density at radius 3 is 2.61 bits per heavy atom. The fourth-order valence-electron chi connectivity index (χ4n) is 1.19. The lowest BCUT2D eigenvalue weighted by atomic mass is 10.1. The van der Waals surface area contributed by atoms with Gasteiger partial charge in [0.05, 0.1) is 6.20 Å². The van der Waals surface area contributed by atoms with E-state index < -0.39 is 11.6 Å². The summed E-state index contributed by atoms with van der Waals surface area (Å²) in [7, 11) is 0. The van der Waals surface area contributed by atoms with Gasteiger partial charge in [-0.25, -0.2) is 14.8 Å². The lowest BCUT2D eigenvalue weighted by Gasteiger charge is -2.21. The summed E-state index contributed by atoms with van der Waals surface area (Å²) in [5.74, 6) is 1.83. The van der Waals surface area contributed by atoms with Crippen LogP contribution in [0.15, 0.2) is 6.20 Å². The molecule has 0 aliphatic rings. The van der Waals surface area contributed by atoms with Crippen LogP contribution in [0.3, 0.4) is 0 Å². The summed E-state index contributed by atoms with van der Waals surface area (Å²) in [6, 6.07) is 0. The van der Waals surface area contributed by atoms with Gasteiger partial charge in [-0.1, -0.05) is 19.8 Å². The van der Waals surface area contributed by atoms with Crippen molar-refractivity contribution in [2.24, 2.45) is 0 Å². The molecule has 18 heavy (non-hydrogen) atoms. The van der Waals surface area contributed by atoms with Crippen LogP contribution in [0.25, 0.3) is 0 Å². The van der Waals surface area contributed by atoms with Crippen molar-refractivity contribution in [2.75, 3.05) is 0 Å². The van der Waals surface area contributed by atoms with Crippen LogP contribution in [0.2, 0.25) is 0 Å². The Bertz CT molecular complexity index is 501. The van der Waals surface area contributed by atoms with Crippen LogP contribution in [0.4, 0.5) is 0 Å². The fourth-order valence-corrected chi connectivity index (χ4v) is 1.19. The summed E-state index contributed by atoms with van der Waals surface area (Å²) in [5.41, 5.74) is -1.08. The third-order valence-corrected chi connectivity index (χ3v) is 2.21. The molecule has 5 heteroatoms. The molecule has 5 nitrogen and oxygen atoms in total. The van der Waals surface area contributed by atoms with Crippen molar-refractivity contribution in [3.63, 3.8) is 0 Å². The summed E-state index contributed by atoms with van der Waals surface area (Å²) in [6.45, 7) is 7.09. The zero-order chi connectivity index (χ0) is 13.9. The zero-order valence-corrected chi connectivity index (χ0v) is 10.9. The van der Waals surface area contributed by atoms with E-state index in [-0.39, 0.29) is 17.4 Å².